The highest BCUT2D eigenvalue weighted by Crippen LogP contribution is 2.17. The third kappa shape index (κ3) is 5.02. The van der Waals surface area contributed by atoms with Crippen LogP contribution in [-0.2, 0) is 0 Å². The van der Waals surface area contributed by atoms with E-state index in [0.717, 1.165) is 18.7 Å². The summed E-state index contributed by atoms with van der Waals surface area (Å²) in [7, 11) is 0. The van der Waals surface area contributed by atoms with E-state index in [9.17, 15) is 4.39 Å². The number of halogens is 1. The molecular weight excluding hydrogens is 267 g/mol. The highest BCUT2D eigenvalue weighted by molar-refractivity contribution is 5.57. The van der Waals surface area contributed by atoms with Gasteiger partial charge in [-0.15, -0.1) is 0 Å². The van der Waals surface area contributed by atoms with Crippen molar-refractivity contribution in [2.75, 3.05) is 17.2 Å². The molecule has 1 aromatic heterocycles. The Morgan fingerprint density at radius 2 is 2.00 bits per heavy atom. The molecular formula is C16H21FN4. The van der Waals surface area contributed by atoms with E-state index in [0.29, 0.717) is 17.5 Å². The van der Waals surface area contributed by atoms with E-state index in [-0.39, 0.29) is 5.82 Å². The van der Waals surface area contributed by atoms with Gasteiger partial charge in [-0.05, 0) is 31.5 Å². The molecule has 0 aliphatic carbocycles. The third-order valence-electron chi connectivity index (χ3n) is 3.01. The monoisotopic (exact) mass is 288 g/mol. The summed E-state index contributed by atoms with van der Waals surface area (Å²) in [5, 5.41) is 6.32. The van der Waals surface area contributed by atoms with Crippen molar-refractivity contribution in [1.29, 1.82) is 0 Å². The average Bonchev–Trinajstić information content (AvgIpc) is 2.43. The zero-order valence-corrected chi connectivity index (χ0v) is 12.5. The number of hydrogen-bond acceptors (Lipinski definition) is 4. The number of benzene rings is 1. The van der Waals surface area contributed by atoms with Gasteiger partial charge in [0.05, 0.1) is 0 Å². The summed E-state index contributed by atoms with van der Waals surface area (Å²) < 4.78 is 13.2. The third-order valence-corrected chi connectivity index (χ3v) is 3.01. The van der Waals surface area contributed by atoms with Crippen molar-refractivity contribution < 1.29 is 4.39 Å². The van der Waals surface area contributed by atoms with Crippen LogP contribution in [0.5, 0.6) is 0 Å². The van der Waals surface area contributed by atoms with Gasteiger partial charge in [-0.1, -0.05) is 25.8 Å². The quantitative estimate of drug-likeness (QED) is 0.747. The number of aryl methyl sites for hydroxylation is 1. The number of anilines is 3. The lowest BCUT2D eigenvalue weighted by molar-refractivity contribution is 0.628. The summed E-state index contributed by atoms with van der Waals surface area (Å²) in [5.74, 6) is 0.986. The van der Waals surface area contributed by atoms with Gasteiger partial charge in [-0.3, -0.25) is 0 Å². The summed E-state index contributed by atoms with van der Waals surface area (Å²) in [6.07, 6.45) is 3.47. The van der Waals surface area contributed by atoms with E-state index in [2.05, 4.69) is 27.5 Å². The van der Waals surface area contributed by atoms with E-state index in [1.165, 1.54) is 25.0 Å². The van der Waals surface area contributed by atoms with E-state index >= 15 is 0 Å². The normalized spacial score (nSPS) is 10.4. The number of unbranched alkanes of at least 4 members (excludes halogenated alkanes) is 2. The van der Waals surface area contributed by atoms with Gasteiger partial charge in [0.25, 0.3) is 0 Å². The van der Waals surface area contributed by atoms with Gasteiger partial charge < -0.3 is 10.6 Å². The maximum Gasteiger partial charge on any atom is 0.224 e. The van der Waals surface area contributed by atoms with Gasteiger partial charge in [0.15, 0.2) is 0 Å². The molecule has 2 rings (SSSR count). The molecule has 21 heavy (non-hydrogen) atoms. The number of hydrogen-bond donors (Lipinski definition) is 2. The fourth-order valence-electron chi connectivity index (χ4n) is 2.00. The lowest BCUT2D eigenvalue weighted by Crippen LogP contribution is -2.07. The van der Waals surface area contributed by atoms with Crippen molar-refractivity contribution in [3.8, 4) is 0 Å². The molecule has 1 aromatic carbocycles. The second-order valence-corrected chi connectivity index (χ2v) is 4.99. The van der Waals surface area contributed by atoms with Crippen molar-refractivity contribution >= 4 is 17.5 Å². The van der Waals surface area contributed by atoms with Crippen LogP contribution in [0.4, 0.5) is 21.8 Å². The number of aromatic nitrogens is 2. The van der Waals surface area contributed by atoms with Crippen molar-refractivity contribution in [3.63, 3.8) is 0 Å². The first-order valence-corrected chi connectivity index (χ1v) is 7.29. The van der Waals surface area contributed by atoms with Crippen LogP contribution < -0.4 is 10.6 Å². The molecule has 0 aliphatic rings. The molecule has 4 nitrogen and oxygen atoms in total. The summed E-state index contributed by atoms with van der Waals surface area (Å²) in [5.41, 5.74) is 1.53. The molecule has 0 bridgehead atoms. The lowest BCUT2D eigenvalue weighted by atomic mass is 10.2. The molecule has 0 saturated carbocycles. The number of nitrogens with zero attached hydrogens (tertiary/aromatic N) is 2. The summed E-state index contributed by atoms with van der Waals surface area (Å²) in [6, 6.07) is 8.15. The zero-order chi connectivity index (χ0) is 15.1. The topological polar surface area (TPSA) is 49.8 Å². The standard InChI is InChI=1S/C16H21FN4/c1-3-4-5-9-18-16-19-12(2)10-15(21-16)20-14-8-6-7-13(17)11-14/h6-8,10-11H,3-5,9H2,1-2H3,(H2,18,19,20,21). The van der Waals surface area contributed by atoms with Crippen LogP contribution in [0, 0.1) is 12.7 Å². The Kier molecular flexibility index (Phi) is 5.49. The Labute approximate surface area is 124 Å². The van der Waals surface area contributed by atoms with Crippen LogP contribution in [0.1, 0.15) is 31.9 Å². The summed E-state index contributed by atoms with van der Waals surface area (Å²) >= 11 is 0. The molecule has 2 N–H and O–H groups in total. The first-order chi connectivity index (χ1) is 10.2. The van der Waals surface area contributed by atoms with Gasteiger partial charge in [-0.25, -0.2) is 9.37 Å². The molecule has 112 valence electrons. The first kappa shape index (κ1) is 15.2. The molecule has 0 amide bonds. The largest absolute Gasteiger partial charge is 0.354 e. The van der Waals surface area contributed by atoms with Crippen LogP contribution in [0.15, 0.2) is 30.3 Å². The van der Waals surface area contributed by atoms with Gasteiger partial charge in [0, 0.05) is 24.0 Å². The van der Waals surface area contributed by atoms with Gasteiger partial charge in [0.1, 0.15) is 11.6 Å². The second-order valence-electron chi connectivity index (χ2n) is 4.99. The lowest BCUT2D eigenvalue weighted by Gasteiger charge is -2.10. The van der Waals surface area contributed by atoms with Crippen molar-refractivity contribution in [1.82, 2.24) is 9.97 Å². The Morgan fingerprint density at radius 3 is 2.76 bits per heavy atom. The number of nitrogens with one attached hydrogen (secondary N) is 2. The molecule has 2 aromatic rings. The molecule has 0 aliphatic heterocycles. The Bertz CT molecular complexity index is 586. The van der Waals surface area contributed by atoms with Crippen molar-refractivity contribution in [2.24, 2.45) is 0 Å². The SMILES string of the molecule is CCCCCNc1nc(C)cc(Nc2cccc(F)c2)n1. The fourth-order valence-corrected chi connectivity index (χ4v) is 2.00. The van der Waals surface area contributed by atoms with Crippen LogP contribution >= 0.6 is 0 Å². The van der Waals surface area contributed by atoms with E-state index in [1.54, 1.807) is 12.1 Å². The van der Waals surface area contributed by atoms with Crippen LogP contribution in [0.2, 0.25) is 0 Å². The first-order valence-electron chi connectivity index (χ1n) is 7.29. The molecule has 1 heterocycles. The predicted octanol–water partition coefficient (Wildman–Crippen LogP) is 4.27. The minimum absolute atomic E-state index is 0.274. The molecule has 0 radical (unpaired) electrons. The highest BCUT2D eigenvalue weighted by Gasteiger charge is 2.03. The van der Waals surface area contributed by atoms with Crippen LogP contribution in [-0.4, -0.2) is 16.5 Å². The summed E-state index contributed by atoms with van der Waals surface area (Å²) in [4.78, 5) is 8.75. The Balaban J connectivity index is 2.04. The predicted molar refractivity (Wildman–Crippen MR) is 84.5 cm³/mol. The molecule has 5 heteroatoms. The minimum atomic E-state index is -0.274. The second kappa shape index (κ2) is 7.57. The summed E-state index contributed by atoms with van der Waals surface area (Å²) in [6.45, 7) is 4.94. The molecule has 0 spiro atoms. The van der Waals surface area contributed by atoms with Gasteiger partial charge >= 0.3 is 0 Å². The van der Waals surface area contributed by atoms with Gasteiger partial charge in [-0.2, -0.15) is 4.98 Å². The maximum atomic E-state index is 13.2. The minimum Gasteiger partial charge on any atom is -0.354 e. The zero-order valence-electron chi connectivity index (χ0n) is 12.5. The smallest absolute Gasteiger partial charge is 0.224 e. The van der Waals surface area contributed by atoms with E-state index < -0.39 is 0 Å². The molecule has 0 atom stereocenters. The maximum absolute atomic E-state index is 13.2. The molecule has 0 unspecified atom stereocenters. The van der Waals surface area contributed by atoms with Gasteiger partial charge in [0.2, 0.25) is 5.95 Å². The van der Waals surface area contributed by atoms with E-state index in [1.807, 2.05) is 13.0 Å². The van der Waals surface area contributed by atoms with Crippen LogP contribution in [0.25, 0.3) is 0 Å². The highest BCUT2D eigenvalue weighted by atomic mass is 19.1. The Morgan fingerprint density at radius 1 is 1.14 bits per heavy atom. The average molecular weight is 288 g/mol. The van der Waals surface area contributed by atoms with Crippen LogP contribution in [0.3, 0.4) is 0 Å². The molecule has 0 saturated heterocycles. The fraction of sp³-hybridized carbons (Fsp3) is 0.375. The molecule has 0 fully saturated rings. The Hall–Kier alpha value is -2.17. The number of rotatable bonds is 7. The van der Waals surface area contributed by atoms with Crippen molar-refractivity contribution in [2.45, 2.75) is 33.1 Å². The van der Waals surface area contributed by atoms with Crippen molar-refractivity contribution in [3.05, 3.63) is 41.8 Å². The van der Waals surface area contributed by atoms with E-state index in [4.69, 9.17) is 0 Å².